The number of amides is 2. The summed E-state index contributed by atoms with van der Waals surface area (Å²) in [5, 5.41) is 0. The van der Waals surface area contributed by atoms with E-state index < -0.39 is 0 Å². The maximum atomic E-state index is 13.2. The molecule has 0 N–H and O–H groups in total. The molecule has 1 aromatic rings. The first-order valence-corrected chi connectivity index (χ1v) is 7.90. The third-order valence-corrected chi connectivity index (χ3v) is 4.62. The lowest BCUT2D eigenvalue weighted by Gasteiger charge is -2.37. The second-order valence-electron chi connectivity index (χ2n) is 6.32. The number of likely N-dealkylation sites (N-methyl/N-ethyl adjacent to an activating group) is 1. The van der Waals surface area contributed by atoms with E-state index >= 15 is 0 Å². The van der Waals surface area contributed by atoms with Crippen LogP contribution in [0.5, 0.6) is 0 Å². The second kappa shape index (κ2) is 6.66. The molecule has 0 radical (unpaired) electrons. The van der Waals surface area contributed by atoms with Crippen molar-refractivity contribution in [3.8, 4) is 0 Å². The van der Waals surface area contributed by atoms with Crippen LogP contribution >= 0.6 is 0 Å². The third kappa shape index (κ3) is 3.69. The summed E-state index contributed by atoms with van der Waals surface area (Å²) in [6.45, 7) is 1.92. The predicted octanol–water partition coefficient (Wildman–Crippen LogP) is 1.07. The van der Waals surface area contributed by atoms with Crippen molar-refractivity contribution >= 4 is 11.8 Å². The van der Waals surface area contributed by atoms with Gasteiger partial charge in [-0.2, -0.15) is 0 Å². The highest BCUT2D eigenvalue weighted by Crippen LogP contribution is 2.24. The van der Waals surface area contributed by atoms with Crippen LogP contribution in [0.4, 0.5) is 4.39 Å². The first kappa shape index (κ1) is 15.9. The molecule has 2 saturated heterocycles. The summed E-state index contributed by atoms with van der Waals surface area (Å²) in [7, 11) is 1.77. The number of hydrogen-bond donors (Lipinski definition) is 0. The van der Waals surface area contributed by atoms with Gasteiger partial charge in [-0.1, -0.05) is 12.1 Å². The number of ether oxygens (including phenoxy) is 1. The van der Waals surface area contributed by atoms with Crippen molar-refractivity contribution < 1.29 is 18.7 Å². The first-order valence-electron chi connectivity index (χ1n) is 7.90. The summed E-state index contributed by atoms with van der Waals surface area (Å²) in [4.78, 5) is 27.7. The van der Waals surface area contributed by atoms with Crippen molar-refractivity contribution in [1.29, 1.82) is 0 Å². The van der Waals surface area contributed by atoms with Gasteiger partial charge in [0.1, 0.15) is 12.4 Å². The average Bonchev–Trinajstić information content (AvgIpc) is 2.66. The van der Waals surface area contributed by atoms with E-state index in [9.17, 15) is 14.0 Å². The molecule has 2 aliphatic heterocycles. The van der Waals surface area contributed by atoms with E-state index in [-0.39, 0.29) is 42.7 Å². The van der Waals surface area contributed by atoms with Crippen LogP contribution < -0.4 is 0 Å². The van der Waals surface area contributed by atoms with Crippen molar-refractivity contribution in [3.05, 3.63) is 35.6 Å². The van der Waals surface area contributed by atoms with Gasteiger partial charge in [-0.3, -0.25) is 9.59 Å². The molecule has 23 heavy (non-hydrogen) atoms. The molecule has 2 aliphatic rings. The maximum absolute atomic E-state index is 13.2. The van der Waals surface area contributed by atoms with E-state index in [4.69, 9.17) is 4.74 Å². The Morgan fingerprint density at radius 3 is 3.00 bits per heavy atom. The Hall–Kier alpha value is -1.95. The van der Waals surface area contributed by atoms with Gasteiger partial charge in [-0.15, -0.1) is 0 Å². The number of hydrogen-bond acceptors (Lipinski definition) is 3. The fourth-order valence-corrected chi connectivity index (χ4v) is 3.31. The molecule has 0 unspecified atom stereocenters. The molecular formula is C17H21FN2O3. The Balaban J connectivity index is 1.63. The Labute approximate surface area is 135 Å². The summed E-state index contributed by atoms with van der Waals surface area (Å²) < 4.78 is 18.9. The molecule has 2 fully saturated rings. The molecular weight excluding hydrogens is 299 g/mol. The minimum absolute atomic E-state index is 0.00715. The number of nitrogens with zero attached hydrogens (tertiary/aromatic N) is 2. The van der Waals surface area contributed by atoms with Crippen LogP contribution in [0.3, 0.4) is 0 Å². The smallest absolute Gasteiger partial charge is 0.248 e. The quantitative estimate of drug-likeness (QED) is 0.819. The van der Waals surface area contributed by atoms with Gasteiger partial charge < -0.3 is 14.5 Å². The molecule has 0 aromatic heterocycles. The standard InChI is InChI=1S/C17H21FN2O3/c1-19-9-13-10-20(6-5-15(13)23-11-17(19)22)16(21)8-12-3-2-4-14(18)7-12/h2-4,7,13,15H,5-6,8-11H2,1H3/t13-,15-/m0/s1. The van der Waals surface area contributed by atoms with Gasteiger partial charge in [0.25, 0.3) is 0 Å². The predicted molar refractivity (Wildman–Crippen MR) is 82.2 cm³/mol. The highest BCUT2D eigenvalue weighted by molar-refractivity contribution is 5.79. The van der Waals surface area contributed by atoms with E-state index in [1.54, 1.807) is 29.0 Å². The highest BCUT2D eigenvalue weighted by Gasteiger charge is 2.36. The van der Waals surface area contributed by atoms with Crippen LogP contribution in [0.1, 0.15) is 12.0 Å². The number of piperidine rings is 1. The highest BCUT2D eigenvalue weighted by atomic mass is 19.1. The van der Waals surface area contributed by atoms with Crippen molar-refractivity contribution in [2.75, 3.05) is 33.3 Å². The van der Waals surface area contributed by atoms with Crippen LogP contribution in [-0.2, 0) is 20.7 Å². The molecule has 5 nitrogen and oxygen atoms in total. The summed E-state index contributed by atoms with van der Waals surface area (Å²) >= 11 is 0. The SMILES string of the molecule is CN1C[C@H]2CN(C(=O)Cc3cccc(F)c3)CC[C@@H]2OCC1=O. The topological polar surface area (TPSA) is 49.9 Å². The summed E-state index contributed by atoms with van der Waals surface area (Å²) in [5.41, 5.74) is 0.682. The molecule has 3 rings (SSSR count). The first-order chi connectivity index (χ1) is 11.0. The van der Waals surface area contributed by atoms with Crippen molar-refractivity contribution in [2.45, 2.75) is 18.9 Å². The lowest BCUT2D eigenvalue weighted by molar-refractivity contribution is -0.137. The molecule has 0 saturated carbocycles. The summed E-state index contributed by atoms with van der Waals surface area (Å²) in [6.07, 6.45) is 0.966. The number of halogens is 1. The van der Waals surface area contributed by atoms with Crippen LogP contribution in [0.2, 0.25) is 0 Å². The Kier molecular flexibility index (Phi) is 4.61. The van der Waals surface area contributed by atoms with Crippen molar-refractivity contribution in [3.63, 3.8) is 0 Å². The van der Waals surface area contributed by atoms with Crippen LogP contribution in [0, 0.1) is 11.7 Å². The van der Waals surface area contributed by atoms with Crippen LogP contribution in [0.15, 0.2) is 24.3 Å². The second-order valence-corrected chi connectivity index (χ2v) is 6.32. The monoisotopic (exact) mass is 320 g/mol. The normalized spacial score (nSPS) is 25.0. The number of likely N-dealkylation sites (tertiary alicyclic amines) is 1. The van der Waals surface area contributed by atoms with Crippen LogP contribution in [-0.4, -0.2) is 61.0 Å². The Morgan fingerprint density at radius 1 is 1.39 bits per heavy atom. The zero-order valence-electron chi connectivity index (χ0n) is 13.2. The third-order valence-electron chi connectivity index (χ3n) is 4.62. The average molecular weight is 320 g/mol. The van der Waals surface area contributed by atoms with Crippen molar-refractivity contribution in [2.24, 2.45) is 5.92 Å². The van der Waals surface area contributed by atoms with E-state index in [0.717, 1.165) is 6.42 Å². The van der Waals surface area contributed by atoms with Gasteiger partial charge in [0, 0.05) is 32.6 Å². The lowest BCUT2D eigenvalue weighted by Crippen LogP contribution is -2.49. The van der Waals surface area contributed by atoms with Gasteiger partial charge in [0.05, 0.1) is 12.5 Å². The van der Waals surface area contributed by atoms with Crippen LogP contribution in [0.25, 0.3) is 0 Å². The zero-order chi connectivity index (χ0) is 16.4. The molecule has 0 aliphatic carbocycles. The van der Waals surface area contributed by atoms with Gasteiger partial charge in [0.2, 0.25) is 11.8 Å². The molecule has 2 heterocycles. The summed E-state index contributed by atoms with van der Waals surface area (Å²) in [5.74, 6) is -0.215. The molecule has 6 heteroatoms. The van der Waals surface area contributed by atoms with E-state index in [0.29, 0.717) is 25.2 Å². The number of fused-ring (bicyclic) bond motifs is 1. The lowest BCUT2D eigenvalue weighted by atomic mass is 9.93. The number of rotatable bonds is 2. The number of benzene rings is 1. The minimum Gasteiger partial charge on any atom is -0.368 e. The van der Waals surface area contributed by atoms with Gasteiger partial charge in [-0.25, -0.2) is 4.39 Å². The fourth-order valence-electron chi connectivity index (χ4n) is 3.31. The van der Waals surface area contributed by atoms with E-state index in [1.807, 2.05) is 0 Å². The van der Waals surface area contributed by atoms with Crippen molar-refractivity contribution in [1.82, 2.24) is 9.80 Å². The molecule has 124 valence electrons. The van der Waals surface area contributed by atoms with E-state index in [2.05, 4.69) is 0 Å². The molecule has 0 spiro atoms. The largest absolute Gasteiger partial charge is 0.368 e. The molecule has 2 atom stereocenters. The molecule has 2 amide bonds. The number of carbonyl (C=O) groups is 2. The van der Waals surface area contributed by atoms with Gasteiger partial charge in [-0.05, 0) is 24.1 Å². The van der Waals surface area contributed by atoms with Gasteiger partial charge >= 0.3 is 0 Å². The Bertz CT molecular complexity index is 607. The van der Waals surface area contributed by atoms with Gasteiger partial charge in [0.15, 0.2) is 0 Å². The zero-order valence-corrected chi connectivity index (χ0v) is 13.2. The number of carbonyl (C=O) groups excluding carboxylic acids is 2. The molecule has 1 aromatic carbocycles. The molecule has 0 bridgehead atoms. The van der Waals surface area contributed by atoms with E-state index in [1.165, 1.54) is 12.1 Å². The summed E-state index contributed by atoms with van der Waals surface area (Å²) in [6, 6.07) is 6.14. The maximum Gasteiger partial charge on any atom is 0.248 e. The minimum atomic E-state index is -0.327. The Morgan fingerprint density at radius 2 is 2.22 bits per heavy atom. The fraction of sp³-hybridized carbons (Fsp3) is 0.529.